The summed E-state index contributed by atoms with van der Waals surface area (Å²) in [6.45, 7) is 0. The fourth-order valence-corrected chi connectivity index (χ4v) is 1.80. The molecule has 13 heavy (non-hydrogen) atoms. The Balaban J connectivity index is 2.52. The number of halogens is 3. The summed E-state index contributed by atoms with van der Waals surface area (Å²) in [4.78, 5) is 0. The summed E-state index contributed by atoms with van der Waals surface area (Å²) in [7, 11) is 0. The SMILES string of the molecule is NC1(c2cc(Br)c(Cl)cc2F)CC1. The summed E-state index contributed by atoms with van der Waals surface area (Å²) < 4.78 is 14.1. The van der Waals surface area contributed by atoms with Crippen molar-refractivity contribution < 1.29 is 4.39 Å². The van der Waals surface area contributed by atoms with E-state index in [0.29, 0.717) is 15.1 Å². The van der Waals surface area contributed by atoms with Crippen LogP contribution in [0.15, 0.2) is 16.6 Å². The summed E-state index contributed by atoms with van der Waals surface area (Å²) >= 11 is 8.98. The van der Waals surface area contributed by atoms with E-state index in [-0.39, 0.29) is 5.82 Å². The van der Waals surface area contributed by atoms with Crippen molar-refractivity contribution in [1.29, 1.82) is 0 Å². The van der Waals surface area contributed by atoms with Crippen LogP contribution >= 0.6 is 27.5 Å². The van der Waals surface area contributed by atoms with E-state index in [2.05, 4.69) is 15.9 Å². The van der Waals surface area contributed by atoms with E-state index in [1.165, 1.54) is 6.07 Å². The molecule has 2 rings (SSSR count). The smallest absolute Gasteiger partial charge is 0.129 e. The quantitative estimate of drug-likeness (QED) is 0.775. The van der Waals surface area contributed by atoms with Crippen molar-refractivity contribution in [2.45, 2.75) is 18.4 Å². The van der Waals surface area contributed by atoms with Crippen molar-refractivity contribution >= 4 is 27.5 Å². The first-order chi connectivity index (χ1) is 6.03. The molecule has 0 bridgehead atoms. The van der Waals surface area contributed by atoms with Crippen molar-refractivity contribution in [1.82, 2.24) is 0 Å². The van der Waals surface area contributed by atoms with Gasteiger partial charge in [-0.15, -0.1) is 0 Å². The highest BCUT2D eigenvalue weighted by Crippen LogP contribution is 2.45. The molecule has 0 heterocycles. The van der Waals surface area contributed by atoms with Crippen LogP contribution in [0.3, 0.4) is 0 Å². The van der Waals surface area contributed by atoms with Gasteiger partial charge in [0.1, 0.15) is 5.82 Å². The molecule has 1 aliphatic rings. The second-order valence-corrected chi connectivity index (χ2v) is 4.66. The monoisotopic (exact) mass is 263 g/mol. The van der Waals surface area contributed by atoms with Gasteiger partial charge in [0.05, 0.1) is 5.02 Å². The predicted octanol–water partition coefficient (Wildman–Crippen LogP) is 3.19. The minimum absolute atomic E-state index is 0.312. The molecule has 1 aliphatic carbocycles. The van der Waals surface area contributed by atoms with E-state index >= 15 is 0 Å². The fourth-order valence-electron chi connectivity index (χ4n) is 1.31. The lowest BCUT2D eigenvalue weighted by Gasteiger charge is -2.11. The Kier molecular flexibility index (Phi) is 2.13. The lowest BCUT2D eigenvalue weighted by atomic mass is 10.1. The molecule has 1 nitrogen and oxygen atoms in total. The van der Waals surface area contributed by atoms with Gasteiger partial charge in [-0.2, -0.15) is 0 Å². The minimum Gasteiger partial charge on any atom is -0.321 e. The first kappa shape index (κ1) is 9.44. The van der Waals surface area contributed by atoms with Gasteiger partial charge in [-0.25, -0.2) is 4.39 Å². The summed E-state index contributed by atoms with van der Waals surface area (Å²) in [5.74, 6) is -0.312. The molecule has 0 atom stereocenters. The fraction of sp³-hybridized carbons (Fsp3) is 0.333. The van der Waals surface area contributed by atoms with Gasteiger partial charge in [0.15, 0.2) is 0 Å². The molecule has 1 aromatic carbocycles. The summed E-state index contributed by atoms with van der Waals surface area (Å²) in [5.41, 5.74) is 6.00. The topological polar surface area (TPSA) is 26.0 Å². The number of rotatable bonds is 1. The highest BCUT2D eigenvalue weighted by molar-refractivity contribution is 9.10. The Morgan fingerprint density at radius 1 is 1.46 bits per heavy atom. The van der Waals surface area contributed by atoms with Gasteiger partial charge in [-0.3, -0.25) is 0 Å². The Morgan fingerprint density at radius 2 is 2.08 bits per heavy atom. The molecule has 1 fully saturated rings. The van der Waals surface area contributed by atoms with E-state index < -0.39 is 5.54 Å². The van der Waals surface area contributed by atoms with Gasteiger partial charge < -0.3 is 5.73 Å². The van der Waals surface area contributed by atoms with Crippen molar-refractivity contribution in [2.75, 3.05) is 0 Å². The van der Waals surface area contributed by atoms with Gasteiger partial charge in [-0.1, -0.05) is 11.6 Å². The van der Waals surface area contributed by atoms with Crippen LogP contribution < -0.4 is 5.73 Å². The van der Waals surface area contributed by atoms with Crippen molar-refractivity contribution in [3.8, 4) is 0 Å². The van der Waals surface area contributed by atoms with Crippen LogP contribution in [0.4, 0.5) is 4.39 Å². The maximum absolute atomic E-state index is 13.4. The maximum Gasteiger partial charge on any atom is 0.129 e. The van der Waals surface area contributed by atoms with Gasteiger partial charge in [0, 0.05) is 15.6 Å². The molecule has 0 unspecified atom stereocenters. The normalized spacial score (nSPS) is 18.8. The second-order valence-electron chi connectivity index (χ2n) is 3.40. The average Bonchev–Trinajstić information content (AvgIpc) is 2.77. The van der Waals surface area contributed by atoms with Gasteiger partial charge in [-0.05, 0) is 40.9 Å². The largest absolute Gasteiger partial charge is 0.321 e. The molecule has 0 saturated heterocycles. The maximum atomic E-state index is 13.4. The molecular formula is C9H8BrClFN. The molecule has 4 heteroatoms. The van der Waals surface area contributed by atoms with Gasteiger partial charge in [0.25, 0.3) is 0 Å². The van der Waals surface area contributed by atoms with Crippen LogP contribution in [0.2, 0.25) is 5.02 Å². The molecule has 0 spiro atoms. The number of benzene rings is 1. The molecule has 0 aliphatic heterocycles. The zero-order valence-corrected chi connectivity index (χ0v) is 9.12. The molecule has 70 valence electrons. The summed E-state index contributed by atoms with van der Waals surface area (Å²) in [5, 5.41) is 0.380. The number of hydrogen-bond acceptors (Lipinski definition) is 1. The highest BCUT2D eigenvalue weighted by atomic mass is 79.9. The molecule has 1 saturated carbocycles. The molecule has 0 aromatic heterocycles. The van der Waals surface area contributed by atoms with Crippen LogP contribution in [-0.4, -0.2) is 0 Å². The molecule has 0 amide bonds. The van der Waals surface area contributed by atoms with Gasteiger partial charge >= 0.3 is 0 Å². The zero-order valence-electron chi connectivity index (χ0n) is 6.78. The molecule has 2 N–H and O–H groups in total. The first-order valence-electron chi connectivity index (χ1n) is 3.97. The van der Waals surface area contributed by atoms with E-state index in [9.17, 15) is 4.39 Å². The van der Waals surface area contributed by atoms with E-state index in [1.54, 1.807) is 6.07 Å². The molecule has 0 radical (unpaired) electrons. The Labute approximate surface area is 89.2 Å². The van der Waals surface area contributed by atoms with Crippen LogP contribution in [0, 0.1) is 5.82 Å². The average molecular weight is 265 g/mol. The zero-order chi connectivity index (χ0) is 9.64. The highest BCUT2D eigenvalue weighted by Gasteiger charge is 2.42. The Bertz CT molecular complexity index is 363. The van der Waals surface area contributed by atoms with E-state index in [1.807, 2.05) is 0 Å². The third-order valence-corrected chi connectivity index (χ3v) is 3.53. The summed E-state index contributed by atoms with van der Waals surface area (Å²) in [6.07, 6.45) is 1.69. The van der Waals surface area contributed by atoms with E-state index in [0.717, 1.165) is 12.8 Å². The summed E-state index contributed by atoms with van der Waals surface area (Å²) in [6, 6.07) is 2.97. The number of nitrogens with two attached hydrogens (primary N) is 1. The van der Waals surface area contributed by atoms with Crippen LogP contribution in [-0.2, 0) is 5.54 Å². The Hall–Kier alpha value is -0.120. The third kappa shape index (κ3) is 1.60. The minimum atomic E-state index is -0.447. The van der Waals surface area contributed by atoms with Crippen molar-refractivity contribution in [2.24, 2.45) is 5.73 Å². The molecule has 1 aromatic rings. The van der Waals surface area contributed by atoms with Crippen LogP contribution in [0.25, 0.3) is 0 Å². The lowest BCUT2D eigenvalue weighted by Crippen LogP contribution is -2.20. The van der Waals surface area contributed by atoms with Crippen LogP contribution in [0.1, 0.15) is 18.4 Å². The van der Waals surface area contributed by atoms with Gasteiger partial charge in [0.2, 0.25) is 0 Å². The van der Waals surface area contributed by atoms with E-state index in [4.69, 9.17) is 17.3 Å². The second kappa shape index (κ2) is 2.94. The predicted molar refractivity (Wildman–Crippen MR) is 54.2 cm³/mol. The lowest BCUT2D eigenvalue weighted by molar-refractivity contribution is 0.577. The van der Waals surface area contributed by atoms with Crippen molar-refractivity contribution in [3.05, 3.63) is 33.0 Å². The first-order valence-corrected chi connectivity index (χ1v) is 5.14. The number of hydrogen-bond donors (Lipinski definition) is 1. The Morgan fingerprint density at radius 3 is 2.62 bits per heavy atom. The van der Waals surface area contributed by atoms with Crippen LogP contribution in [0.5, 0.6) is 0 Å². The van der Waals surface area contributed by atoms with Crippen molar-refractivity contribution in [3.63, 3.8) is 0 Å². The molecular weight excluding hydrogens is 256 g/mol. The standard InChI is InChI=1S/C9H8BrClFN/c10-6-3-5(9(13)1-2-9)8(12)4-7(6)11/h3-4H,1-2,13H2. The third-order valence-electron chi connectivity index (χ3n) is 2.34.